The molecule has 1 aliphatic rings. The number of carbonyl (C=O) groups is 2. The van der Waals surface area contributed by atoms with E-state index in [1.54, 1.807) is 30.3 Å². The van der Waals surface area contributed by atoms with Gasteiger partial charge in [-0.05, 0) is 58.6 Å². The summed E-state index contributed by atoms with van der Waals surface area (Å²) in [5, 5.41) is 0.632. The fourth-order valence-electron chi connectivity index (χ4n) is 2.49. The highest BCUT2D eigenvalue weighted by Crippen LogP contribution is 2.48. The van der Waals surface area contributed by atoms with Crippen LogP contribution in [-0.4, -0.2) is 11.8 Å². The van der Waals surface area contributed by atoms with Crippen molar-refractivity contribution in [2.24, 2.45) is 0 Å². The van der Waals surface area contributed by atoms with Crippen molar-refractivity contribution >= 4 is 39.3 Å². The second kappa shape index (κ2) is 6.34. The summed E-state index contributed by atoms with van der Waals surface area (Å²) in [5.74, 6) is -0.571. The molecular weight excluding hydrogens is 380 g/mol. The maximum Gasteiger partial charge on any atom is 0.270 e. The van der Waals surface area contributed by atoms with E-state index in [4.69, 9.17) is 11.6 Å². The Morgan fingerprint density at radius 1 is 1.00 bits per heavy atom. The Labute approximate surface area is 147 Å². The van der Waals surface area contributed by atoms with Crippen molar-refractivity contribution in [2.45, 2.75) is 18.3 Å². The van der Waals surface area contributed by atoms with Gasteiger partial charge in [0.25, 0.3) is 5.91 Å². The van der Waals surface area contributed by atoms with Crippen molar-refractivity contribution in [1.82, 2.24) is 10.9 Å². The number of benzene rings is 2. The second-order valence-electron chi connectivity index (χ2n) is 5.48. The van der Waals surface area contributed by atoms with E-state index in [-0.39, 0.29) is 11.8 Å². The van der Waals surface area contributed by atoms with E-state index >= 15 is 0 Å². The molecule has 6 heteroatoms. The number of nitrogens with one attached hydrogen (secondary N) is 2. The van der Waals surface area contributed by atoms with E-state index in [1.165, 1.54) is 0 Å². The summed E-state index contributed by atoms with van der Waals surface area (Å²) in [4.78, 5) is 24.6. The average Bonchev–Trinajstić information content (AvgIpc) is 3.35. The van der Waals surface area contributed by atoms with Crippen LogP contribution < -0.4 is 10.9 Å². The lowest BCUT2D eigenvalue weighted by atomic mass is 9.95. The van der Waals surface area contributed by atoms with E-state index in [0.717, 1.165) is 18.4 Å². The number of hydrazine groups is 1. The monoisotopic (exact) mass is 392 g/mol. The summed E-state index contributed by atoms with van der Waals surface area (Å²) in [6.07, 6.45) is 1.51. The topological polar surface area (TPSA) is 58.2 Å². The van der Waals surface area contributed by atoms with E-state index in [0.29, 0.717) is 15.1 Å². The van der Waals surface area contributed by atoms with Crippen LogP contribution in [0, 0.1) is 0 Å². The Balaban J connectivity index is 1.67. The van der Waals surface area contributed by atoms with Crippen molar-refractivity contribution in [3.8, 4) is 0 Å². The first kappa shape index (κ1) is 16.0. The molecule has 0 aromatic heterocycles. The van der Waals surface area contributed by atoms with Crippen LogP contribution in [0.2, 0.25) is 5.02 Å². The smallest absolute Gasteiger partial charge is 0.270 e. The summed E-state index contributed by atoms with van der Waals surface area (Å²) in [6.45, 7) is 0. The maximum absolute atomic E-state index is 12.5. The third-order valence-electron chi connectivity index (χ3n) is 3.99. The molecule has 2 aromatic rings. The first-order valence-corrected chi connectivity index (χ1v) is 8.31. The quantitative estimate of drug-likeness (QED) is 0.783. The molecule has 4 nitrogen and oxygen atoms in total. The molecule has 1 fully saturated rings. The minimum atomic E-state index is -0.564. The summed E-state index contributed by atoms with van der Waals surface area (Å²) in [6, 6.07) is 14.3. The largest absolute Gasteiger partial charge is 0.272 e. The molecule has 0 radical (unpaired) electrons. The molecular formula is C17H14BrClN2O2. The fourth-order valence-corrected chi connectivity index (χ4v) is 3.08. The summed E-state index contributed by atoms with van der Waals surface area (Å²) in [7, 11) is 0. The lowest BCUT2D eigenvalue weighted by molar-refractivity contribution is -0.124. The zero-order chi connectivity index (χ0) is 16.4. The van der Waals surface area contributed by atoms with Gasteiger partial charge in [0.15, 0.2) is 0 Å². The third kappa shape index (κ3) is 3.26. The normalized spacial score (nSPS) is 14.9. The number of carbonyl (C=O) groups excluding carboxylic acids is 2. The Kier molecular flexibility index (Phi) is 4.41. The molecule has 0 saturated heterocycles. The Morgan fingerprint density at radius 3 is 2.26 bits per heavy atom. The van der Waals surface area contributed by atoms with Gasteiger partial charge < -0.3 is 0 Å². The Bertz CT molecular complexity index is 757. The molecule has 2 amide bonds. The molecule has 2 aromatic carbocycles. The third-order valence-corrected chi connectivity index (χ3v) is 4.93. The second-order valence-corrected chi connectivity index (χ2v) is 6.77. The van der Waals surface area contributed by atoms with Crippen LogP contribution in [0.5, 0.6) is 0 Å². The van der Waals surface area contributed by atoms with Crippen molar-refractivity contribution in [3.63, 3.8) is 0 Å². The number of rotatable bonds is 3. The van der Waals surface area contributed by atoms with Crippen LogP contribution in [0.3, 0.4) is 0 Å². The van der Waals surface area contributed by atoms with Gasteiger partial charge in [-0.2, -0.15) is 0 Å². The molecule has 0 atom stereocenters. The predicted octanol–water partition coefficient (Wildman–Crippen LogP) is 3.60. The van der Waals surface area contributed by atoms with Gasteiger partial charge in [-0.1, -0.05) is 35.9 Å². The molecule has 118 valence electrons. The molecule has 0 aliphatic heterocycles. The lowest BCUT2D eigenvalue weighted by Gasteiger charge is -2.16. The van der Waals surface area contributed by atoms with Crippen LogP contribution >= 0.6 is 27.5 Å². The van der Waals surface area contributed by atoms with Crippen LogP contribution in [0.1, 0.15) is 28.8 Å². The molecule has 1 aliphatic carbocycles. The van der Waals surface area contributed by atoms with Gasteiger partial charge in [-0.15, -0.1) is 0 Å². The number of hydrogen-bond donors (Lipinski definition) is 2. The van der Waals surface area contributed by atoms with Gasteiger partial charge in [0, 0.05) is 9.50 Å². The minimum absolute atomic E-state index is 0.208. The van der Waals surface area contributed by atoms with Crippen LogP contribution in [-0.2, 0) is 10.2 Å². The van der Waals surface area contributed by atoms with E-state index < -0.39 is 5.41 Å². The van der Waals surface area contributed by atoms with Crippen molar-refractivity contribution in [3.05, 3.63) is 69.2 Å². The average molecular weight is 394 g/mol. The molecule has 1 saturated carbocycles. The molecule has 0 bridgehead atoms. The van der Waals surface area contributed by atoms with Crippen molar-refractivity contribution < 1.29 is 9.59 Å². The summed E-state index contributed by atoms with van der Waals surface area (Å²) < 4.78 is 0.672. The summed E-state index contributed by atoms with van der Waals surface area (Å²) >= 11 is 9.20. The Morgan fingerprint density at radius 2 is 1.65 bits per heavy atom. The Hall–Kier alpha value is -1.85. The first-order chi connectivity index (χ1) is 11.0. The standard InChI is InChI=1S/C17H14BrClN2O2/c18-14-4-2-1-3-13(14)15(22)20-21-16(23)17(9-10-17)11-5-7-12(19)8-6-11/h1-8H,9-10H2,(H,20,22)(H,21,23). The van der Waals surface area contributed by atoms with Crippen LogP contribution in [0.25, 0.3) is 0 Å². The molecule has 3 rings (SSSR count). The minimum Gasteiger partial charge on any atom is -0.272 e. The van der Waals surface area contributed by atoms with Gasteiger partial charge in [0.05, 0.1) is 11.0 Å². The highest BCUT2D eigenvalue weighted by molar-refractivity contribution is 9.10. The molecule has 0 heterocycles. The number of amides is 2. The predicted molar refractivity (Wildman–Crippen MR) is 92.1 cm³/mol. The lowest BCUT2D eigenvalue weighted by Crippen LogP contribution is -2.46. The summed E-state index contributed by atoms with van der Waals surface area (Å²) in [5.41, 5.74) is 5.81. The zero-order valence-corrected chi connectivity index (χ0v) is 14.4. The van der Waals surface area contributed by atoms with Gasteiger partial charge in [0.1, 0.15) is 0 Å². The fraction of sp³-hybridized carbons (Fsp3) is 0.176. The van der Waals surface area contributed by atoms with Crippen molar-refractivity contribution in [1.29, 1.82) is 0 Å². The molecule has 2 N–H and O–H groups in total. The molecule has 0 unspecified atom stereocenters. The van der Waals surface area contributed by atoms with E-state index in [2.05, 4.69) is 26.8 Å². The zero-order valence-electron chi connectivity index (χ0n) is 12.1. The number of hydrogen-bond acceptors (Lipinski definition) is 2. The highest BCUT2D eigenvalue weighted by atomic mass is 79.9. The SMILES string of the molecule is O=C(NNC(=O)C1(c2ccc(Cl)cc2)CC1)c1ccccc1Br. The van der Waals surface area contributed by atoms with E-state index in [9.17, 15) is 9.59 Å². The van der Waals surface area contributed by atoms with Crippen LogP contribution in [0.4, 0.5) is 0 Å². The van der Waals surface area contributed by atoms with Crippen molar-refractivity contribution in [2.75, 3.05) is 0 Å². The first-order valence-electron chi connectivity index (χ1n) is 7.14. The van der Waals surface area contributed by atoms with Gasteiger partial charge >= 0.3 is 0 Å². The van der Waals surface area contributed by atoms with E-state index in [1.807, 2.05) is 18.2 Å². The van der Waals surface area contributed by atoms with Crippen LogP contribution in [0.15, 0.2) is 53.0 Å². The van der Waals surface area contributed by atoms with Gasteiger partial charge in [0.2, 0.25) is 5.91 Å². The highest BCUT2D eigenvalue weighted by Gasteiger charge is 2.51. The van der Waals surface area contributed by atoms with Gasteiger partial charge in [-0.25, -0.2) is 0 Å². The number of halogens is 2. The molecule has 0 spiro atoms. The van der Waals surface area contributed by atoms with Gasteiger partial charge in [-0.3, -0.25) is 20.4 Å². The maximum atomic E-state index is 12.5. The molecule has 23 heavy (non-hydrogen) atoms.